The Labute approximate surface area is 176 Å². The van der Waals surface area contributed by atoms with Crippen LogP contribution in [-0.4, -0.2) is 34.3 Å². The van der Waals surface area contributed by atoms with E-state index in [9.17, 15) is 5.26 Å². The molecule has 2 N–H and O–H groups in total. The molecule has 3 heterocycles. The number of nitriles is 1. The predicted molar refractivity (Wildman–Crippen MR) is 114 cm³/mol. The quantitative estimate of drug-likeness (QED) is 0.677. The molecule has 0 aliphatic carbocycles. The van der Waals surface area contributed by atoms with Crippen molar-refractivity contribution in [1.29, 1.82) is 5.26 Å². The molecule has 0 unspecified atom stereocenters. The molecule has 0 spiro atoms. The number of rotatable bonds is 4. The van der Waals surface area contributed by atoms with Gasteiger partial charge in [-0.3, -0.25) is 0 Å². The Morgan fingerprint density at radius 1 is 1.14 bits per heavy atom. The van der Waals surface area contributed by atoms with Crippen molar-refractivity contribution in [1.82, 2.24) is 20.4 Å². The van der Waals surface area contributed by atoms with Crippen LogP contribution in [0.5, 0.6) is 0 Å². The van der Waals surface area contributed by atoms with E-state index >= 15 is 0 Å². The van der Waals surface area contributed by atoms with Gasteiger partial charge in [-0.05, 0) is 63.0 Å². The van der Waals surface area contributed by atoms with Gasteiger partial charge in [-0.1, -0.05) is 17.3 Å². The number of halogens is 1. The number of nitrogens with one attached hydrogen (secondary N) is 2. The van der Waals surface area contributed by atoms with E-state index in [1.807, 2.05) is 19.9 Å². The van der Waals surface area contributed by atoms with E-state index in [-0.39, 0.29) is 18.4 Å². The lowest BCUT2D eigenvalue weighted by Crippen LogP contribution is -2.16. The van der Waals surface area contributed by atoms with Crippen LogP contribution in [0.3, 0.4) is 0 Å². The zero-order chi connectivity index (χ0) is 19.5. The molecule has 150 valence electrons. The summed E-state index contributed by atoms with van der Waals surface area (Å²) in [6.45, 7) is 5.98. The molecule has 0 amide bonds. The second kappa shape index (κ2) is 9.03. The maximum atomic E-state index is 9.42. The van der Waals surface area contributed by atoms with Crippen LogP contribution in [0.15, 0.2) is 35.0 Å². The number of pyridine rings is 1. The van der Waals surface area contributed by atoms with Gasteiger partial charge >= 0.3 is 0 Å². The smallest absolute Gasteiger partial charge is 0.259 e. The van der Waals surface area contributed by atoms with E-state index in [0.29, 0.717) is 28.7 Å². The van der Waals surface area contributed by atoms with Crippen molar-refractivity contribution in [3.63, 3.8) is 0 Å². The number of nitrogens with zero attached hydrogens (tertiary/aromatic N) is 4. The standard InChI is InChI=1S/C21H22N6O.ClH/c1-13(2)25-19-17(11-22)10-18(12-24-19)21-26-20(27-28-21)16-4-3-14-5-7-23-8-6-15(14)9-16;/h3-4,9-10,12-13,23H,5-8H2,1-2H3,(H,24,25);1H. The van der Waals surface area contributed by atoms with Crippen LogP contribution in [0.1, 0.15) is 30.5 Å². The average Bonchev–Trinajstić information content (AvgIpc) is 3.07. The van der Waals surface area contributed by atoms with Crippen molar-refractivity contribution in [3.05, 3.63) is 47.2 Å². The summed E-state index contributed by atoms with van der Waals surface area (Å²) in [7, 11) is 0. The first-order valence-corrected chi connectivity index (χ1v) is 9.47. The van der Waals surface area contributed by atoms with Gasteiger partial charge in [-0.25, -0.2) is 4.98 Å². The topological polar surface area (TPSA) is 99.7 Å². The molecular weight excluding hydrogens is 388 g/mol. The SMILES string of the molecule is CC(C)Nc1ncc(-c2nc(-c3ccc4c(c3)CCNCC4)no2)cc1C#N.Cl. The Bertz CT molecular complexity index is 1040. The second-order valence-corrected chi connectivity index (χ2v) is 7.19. The third kappa shape index (κ3) is 4.56. The number of benzene rings is 1. The molecule has 7 nitrogen and oxygen atoms in total. The lowest BCUT2D eigenvalue weighted by Gasteiger charge is -2.10. The van der Waals surface area contributed by atoms with Crippen molar-refractivity contribution >= 4 is 18.2 Å². The summed E-state index contributed by atoms with van der Waals surface area (Å²) in [5.74, 6) is 1.45. The first-order valence-electron chi connectivity index (χ1n) is 9.47. The van der Waals surface area contributed by atoms with Crippen LogP contribution in [0.4, 0.5) is 5.82 Å². The van der Waals surface area contributed by atoms with E-state index in [2.05, 4.69) is 44.0 Å². The summed E-state index contributed by atoms with van der Waals surface area (Å²) in [5.41, 5.74) is 4.70. The molecule has 8 heteroatoms. The van der Waals surface area contributed by atoms with Crippen molar-refractivity contribution in [2.75, 3.05) is 18.4 Å². The van der Waals surface area contributed by atoms with E-state index in [4.69, 9.17) is 4.52 Å². The maximum absolute atomic E-state index is 9.42. The highest BCUT2D eigenvalue weighted by atomic mass is 35.5. The minimum absolute atomic E-state index is 0. The molecular formula is C21H23ClN6O. The molecule has 1 aromatic carbocycles. The number of hydrogen-bond acceptors (Lipinski definition) is 7. The van der Waals surface area contributed by atoms with Gasteiger partial charge in [0, 0.05) is 17.8 Å². The summed E-state index contributed by atoms with van der Waals surface area (Å²) in [6, 6.07) is 10.4. The monoisotopic (exact) mass is 410 g/mol. The Hall–Kier alpha value is -2.95. The summed E-state index contributed by atoms with van der Waals surface area (Å²) in [5, 5.41) is 20.1. The molecule has 0 radical (unpaired) electrons. The van der Waals surface area contributed by atoms with Crippen molar-refractivity contribution < 1.29 is 4.52 Å². The third-order valence-corrected chi connectivity index (χ3v) is 4.71. The largest absolute Gasteiger partial charge is 0.367 e. The number of aromatic nitrogens is 3. The average molecular weight is 411 g/mol. The van der Waals surface area contributed by atoms with E-state index in [1.54, 1.807) is 12.3 Å². The molecule has 2 aromatic heterocycles. The van der Waals surface area contributed by atoms with Gasteiger partial charge in [0.1, 0.15) is 11.9 Å². The zero-order valence-electron chi connectivity index (χ0n) is 16.4. The molecule has 1 aliphatic heterocycles. The number of anilines is 1. The van der Waals surface area contributed by atoms with Gasteiger partial charge in [-0.2, -0.15) is 10.2 Å². The lowest BCUT2D eigenvalue weighted by atomic mass is 10.00. The highest BCUT2D eigenvalue weighted by Gasteiger charge is 2.16. The molecule has 0 atom stereocenters. The summed E-state index contributed by atoms with van der Waals surface area (Å²) >= 11 is 0. The van der Waals surface area contributed by atoms with Crippen LogP contribution >= 0.6 is 12.4 Å². The molecule has 0 fully saturated rings. The molecule has 29 heavy (non-hydrogen) atoms. The van der Waals surface area contributed by atoms with Crippen LogP contribution in [0.25, 0.3) is 22.8 Å². The Balaban J connectivity index is 0.00000240. The molecule has 0 saturated heterocycles. The maximum Gasteiger partial charge on any atom is 0.259 e. The summed E-state index contributed by atoms with van der Waals surface area (Å²) < 4.78 is 5.45. The van der Waals surface area contributed by atoms with Gasteiger partial charge in [0.05, 0.1) is 11.1 Å². The molecule has 1 aliphatic rings. The molecule has 3 aromatic rings. The van der Waals surface area contributed by atoms with Crippen LogP contribution in [0, 0.1) is 11.3 Å². The van der Waals surface area contributed by atoms with Crippen molar-refractivity contribution in [2.45, 2.75) is 32.7 Å². The van der Waals surface area contributed by atoms with Crippen LogP contribution < -0.4 is 10.6 Å². The Morgan fingerprint density at radius 3 is 2.69 bits per heavy atom. The van der Waals surface area contributed by atoms with E-state index in [1.165, 1.54) is 11.1 Å². The zero-order valence-corrected chi connectivity index (χ0v) is 17.2. The summed E-state index contributed by atoms with van der Waals surface area (Å²) in [6.07, 6.45) is 3.67. The van der Waals surface area contributed by atoms with Gasteiger partial charge in [0.25, 0.3) is 5.89 Å². The van der Waals surface area contributed by atoms with E-state index < -0.39 is 0 Å². The van der Waals surface area contributed by atoms with Crippen molar-refractivity contribution in [2.24, 2.45) is 0 Å². The molecule has 0 saturated carbocycles. The minimum atomic E-state index is 0. The summed E-state index contributed by atoms with van der Waals surface area (Å²) in [4.78, 5) is 8.87. The van der Waals surface area contributed by atoms with E-state index in [0.717, 1.165) is 31.5 Å². The van der Waals surface area contributed by atoms with Gasteiger partial charge in [-0.15, -0.1) is 12.4 Å². The number of hydrogen-bond donors (Lipinski definition) is 2. The predicted octanol–water partition coefficient (Wildman–Crippen LogP) is 3.60. The third-order valence-electron chi connectivity index (χ3n) is 4.71. The Morgan fingerprint density at radius 2 is 1.93 bits per heavy atom. The van der Waals surface area contributed by atoms with Gasteiger partial charge < -0.3 is 15.2 Å². The fraction of sp³-hybridized carbons (Fsp3) is 0.333. The molecule has 0 bridgehead atoms. The normalized spacial score (nSPS) is 13.2. The fourth-order valence-electron chi connectivity index (χ4n) is 3.33. The second-order valence-electron chi connectivity index (χ2n) is 7.19. The Kier molecular flexibility index (Phi) is 6.47. The fourth-order valence-corrected chi connectivity index (χ4v) is 3.33. The van der Waals surface area contributed by atoms with Gasteiger partial charge in [0.2, 0.25) is 5.82 Å². The number of fused-ring (bicyclic) bond motifs is 1. The minimum Gasteiger partial charge on any atom is -0.367 e. The highest BCUT2D eigenvalue weighted by molar-refractivity contribution is 5.85. The van der Waals surface area contributed by atoms with Crippen molar-refractivity contribution in [3.8, 4) is 28.9 Å². The first kappa shape index (κ1) is 20.8. The van der Waals surface area contributed by atoms with Crippen LogP contribution in [-0.2, 0) is 12.8 Å². The van der Waals surface area contributed by atoms with Gasteiger partial charge in [0.15, 0.2) is 0 Å². The molecule has 4 rings (SSSR count). The lowest BCUT2D eigenvalue weighted by molar-refractivity contribution is 0.432. The van der Waals surface area contributed by atoms with Crippen LogP contribution in [0.2, 0.25) is 0 Å². The first-order chi connectivity index (χ1) is 13.6. The highest BCUT2D eigenvalue weighted by Crippen LogP contribution is 2.26.